The fourth-order valence-corrected chi connectivity index (χ4v) is 6.67. The number of carbonyl (C=O) groups excluding carboxylic acids is 2. The van der Waals surface area contributed by atoms with Crippen LogP contribution in [0.5, 0.6) is 5.75 Å². The predicted octanol–water partition coefficient (Wildman–Crippen LogP) is 6.45. The molecule has 248 valence electrons. The number of aryl methyl sites for hydroxylation is 2. The minimum absolute atomic E-state index is 0.0467. The van der Waals surface area contributed by atoms with Gasteiger partial charge in [-0.2, -0.15) is 0 Å². The number of amides is 2. The van der Waals surface area contributed by atoms with Crippen molar-refractivity contribution in [1.82, 2.24) is 10.2 Å². The van der Waals surface area contributed by atoms with E-state index in [0.29, 0.717) is 18.9 Å². The van der Waals surface area contributed by atoms with Crippen LogP contribution in [-0.2, 0) is 32.6 Å². The van der Waals surface area contributed by atoms with Gasteiger partial charge in [0.15, 0.2) is 0 Å². The highest BCUT2D eigenvalue weighted by Gasteiger charge is 2.35. The zero-order valence-electron chi connectivity index (χ0n) is 27.7. The van der Waals surface area contributed by atoms with E-state index >= 15 is 0 Å². The van der Waals surface area contributed by atoms with E-state index in [2.05, 4.69) is 5.32 Å². The Labute approximate surface area is 279 Å². The molecule has 0 heterocycles. The highest BCUT2D eigenvalue weighted by atomic mass is 32.2. The first kappa shape index (κ1) is 35.2. The van der Waals surface area contributed by atoms with Crippen LogP contribution in [0.4, 0.5) is 5.69 Å². The maximum atomic E-state index is 14.7. The van der Waals surface area contributed by atoms with E-state index in [1.54, 1.807) is 36.4 Å². The molecule has 4 rings (SSSR count). The van der Waals surface area contributed by atoms with Crippen LogP contribution in [-0.4, -0.2) is 50.9 Å². The minimum Gasteiger partial charge on any atom is -0.492 e. The number of sulfonamides is 1. The summed E-state index contributed by atoms with van der Waals surface area (Å²) in [5, 5.41) is 3.02. The predicted molar refractivity (Wildman–Crippen MR) is 187 cm³/mol. The fourth-order valence-electron chi connectivity index (χ4n) is 5.24. The van der Waals surface area contributed by atoms with E-state index in [1.165, 1.54) is 17.0 Å². The highest BCUT2D eigenvalue weighted by Crippen LogP contribution is 2.33. The number of nitrogens with zero attached hydrogens (tertiary/aromatic N) is 2. The lowest BCUT2D eigenvalue weighted by Crippen LogP contribution is -2.53. The molecule has 1 atom stereocenters. The van der Waals surface area contributed by atoms with Crippen molar-refractivity contribution in [2.24, 2.45) is 0 Å². The highest BCUT2D eigenvalue weighted by molar-refractivity contribution is 7.92. The third kappa shape index (κ3) is 9.45. The van der Waals surface area contributed by atoms with E-state index < -0.39 is 28.5 Å². The molecule has 0 spiro atoms. The molecule has 0 bridgehead atoms. The number of para-hydroxylation sites is 2. The Balaban J connectivity index is 1.82. The summed E-state index contributed by atoms with van der Waals surface area (Å²) in [5.41, 5.74) is 3.92. The summed E-state index contributed by atoms with van der Waals surface area (Å²) in [6.45, 7) is 8.07. The standard InChI is InChI=1S/C38H45N3O5S/c1-5-7-25-39-38(43)35(26-31-13-9-8-10-14-31)40(27-32-21-17-29(3)18-22-32)37(42)28-41(34-15-11-12-16-36(34)46-6-2)47(44,45)33-23-19-30(4)20-24-33/h8-24,35H,5-7,25-28H2,1-4H3,(H,39,43)/t35-/m0/s1. The summed E-state index contributed by atoms with van der Waals surface area (Å²) in [7, 11) is -4.24. The quantitative estimate of drug-likeness (QED) is 0.140. The van der Waals surface area contributed by atoms with Gasteiger partial charge >= 0.3 is 0 Å². The SMILES string of the molecule is CCCCNC(=O)[C@H](Cc1ccccc1)N(Cc1ccc(C)cc1)C(=O)CN(c1ccccc1OCC)S(=O)(=O)c1ccc(C)cc1. The van der Waals surface area contributed by atoms with Gasteiger partial charge in [0.25, 0.3) is 10.0 Å². The summed E-state index contributed by atoms with van der Waals surface area (Å²) in [6.07, 6.45) is 1.96. The van der Waals surface area contributed by atoms with E-state index in [1.807, 2.05) is 82.3 Å². The van der Waals surface area contributed by atoms with Gasteiger partial charge in [0, 0.05) is 19.5 Å². The molecule has 9 heteroatoms. The summed E-state index contributed by atoms with van der Waals surface area (Å²) >= 11 is 0. The van der Waals surface area contributed by atoms with Crippen molar-refractivity contribution in [2.75, 3.05) is 24.0 Å². The first-order chi connectivity index (χ1) is 22.6. The summed E-state index contributed by atoms with van der Waals surface area (Å²) in [5.74, 6) is -0.466. The maximum Gasteiger partial charge on any atom is 0.264 e. The molecule has 0 aliphatic carbocycles. The first-order valence-corrected chi connectivity index (χ1v) is 17.6. The molecule has 47 heavy (non-hydrogen) atoms. The number of hydrogen-bond donors (Lipinski definition) is 1. The van der Waals surface area contributed by atoms with Gasteiger partial charge in [-0.15, -0.1) is 0 Å². The topological polar surface area (TPSA) is 96.0 Å². The second-order valence-electron chi connectivity index (χ2n) is 11.6. The smallest absolute Gasteiger partial charge is 0.264 e. The Morgan fingerprint density at radius 3 is 2.04 bits per heavy atom. The molecule has 0 aromatic heterocycles. The molecule has 2 amide bonds. The van der Waals surface area contributed by atoms with Gasteiger partial charge in [0.2, 0.25) is 11.8 Å². The molecule has 4 aromatic carbocycles. The molecule has 0 saturated heterocycles. The third-order valence-corrected chi connectivity index (χ3v) is 9.67. The van der Waals surface area contributed by atoms with Gasteiger partial charge in [0.05, 0.1) is 17.2 Å². The maximum absolute atomic E-state index is 14.7. The molecule has 0 aliphatic heterocycles. The molecule has 1 N–H and O–H groups in total. The van der Waals surface area contributed by atoms with E-state index in [9.17, 15) is 18.0 Å². The molecule has 0 saturated carbocycles. The average molecular weight is 656 g/mol. The lowest BCUT2D eigenvalue weighted by atomic mass is 10.0. The lowest BCUT2D eigenvalue weighted by Gasteiger charge is -2.34. The van der Waals surface area contributed by atoms with Crippen LogP contribution >= 0.6 is 0 Å². The zero-order chi connectivity index (χ0) is 33.8. The van der Waals surface area contributed by atoms with Crippen LogP contribution < -0.4 is 14.4 Å². The van der Waals surface area contributed by atoms with Crippen LogP contribution in [0.3, 0.4) is 0 Å². The van der Waals surface area contributed by atoms with Gasteiger partial charge < -0.3 is 15.0 Å². The van der Waals surface area contributed by atoms with E-state index in [4.69, 9.17) is 4.74 Å². The van der Waals surface area contributed by atoms with Gasteiger partial charge in [-0.3, -0.25) is 13.9 Å². The Morgan fingerprint density at radius 2 is 1.40 bits per heavy atom. The van der Waals surface area contributed by atoms with Gasteiger partial charge in [-0.05, 0) is 62.6 Å². The number of carbonyl (C=O) groups is 2. The summed E-state index contributed by atoms with van der Waals surface area (Å²) < 4.78 is 35.6. The normalized spacial score (nSPS) is 11.8. The fraction of sp³-hybridized carbons (Fsp3) is 0.316. The number of ether oxygens (including phenoxy) is 1. The van der Waals surface area contributed by atoms with Gasteiger partial charge in [0.1, 0.15) is 18.3 Å². The van der Waals surface area contributed by atoms with Crippen LogP contribution in [0.15, 0.2) is 108 Å². The Bertz CT molecular complexity index is 1710. The van der Waals surface area contributed by atoms with Crippen molar-refractivity contribution in [3.05, 3.63) is 125 Å². The van der Waals surface area contributed by atoms with Crippen LogP contribution in [0.25, 0.3) is 0 Å². The van der Waals surface area contributed by atoms with Crippen LogP contribution in [0.1, 0.15) is 48.9 Å². The van der Waals surface area contributed by atoms with Crippen molar-refractivity contribution in [1.29, 1.82) is 0 Å². The lowest BCUT2D eigenvalue weighted by molar-refractivity contribution is -0.140. The van der Waals surface area contributed by atoms with E-state index in [-0.39, 0.29) is 29.5 Å². The first-order valence-electron chi connectivity index (χ1n) is 16.1. The van der Waals surface area contributed by atoms with Crippen molar-refractivity contribution < 1.29 is 22.7 Å². The Hall–Kier alpha value is -4.63. The van der Waals surface area contributed by atoms with Gasteiger partial charge in [-0.1, -0.05) is 103 Å². The van der Waals surface area contributed by atoms with Crippen molar-refractivity contribution in [3.8, 4) is 5.75 Å². The van der Waals surface area contributed by atoms with Gasteiger partial charge in [-0.25, -0.2) is 8.42 Å². The number of nitrogens with one attached hydrogen (secondary N) is 1. The molecular weight excluding hydrogens is 611 g/mol. The van der Waals surface area contributed by atoms with Crippen molar-refractivity contribution >= 4 is 27.5 Å². The third-order valence-electron chi connectivity index (χ3n) is 7.90. The van der Waals surface area contributed by atoms with Crippen molar-refractivity contribution in [3.63, 3.8) is 0 Å². The van der Waals surface area contributed by atoms with Crippen LogP contribution in [0.2, 0.25) is 0 Å². The number of rotatable bonds is 16. The summed E-state index contributed by atoms with van der Waals surface area (Å²) in [6, 6.07) is 29.7. The Morgan fingerprint density at radius 1 is 0.787 bits per heavy atom. The minimum atomic E-state index is -4.24. The number of hydrogen-bond acceptors (Lipinski definition) is 5. The molecule has 4 aromatic rings. The molecular formula is C38H45N3O5S. The number of unbranched alkanes of at least 4 members (excludes halogenated alkanes) is 1. The number of benzene rings is 4. The number of anilines is 1. The molecule has 0 aliphatic rings. The monoisotopic (exact) mass is 655 g/mol. The van der Waals surface area contributed by atoms with E-state index in [0.717, 1.165) is 39.4 Å². The largest absolute Gasteiger partial charge is 0.492 e. The van der Waals surface area contributed by atoms with Crippen molar-refractivity contribution in [2.45, 2.75) is 64.4 Å². The summed E-state index contributed by atoms with van der Waals surface area (Å²) in [4.78, 5) is 30.1. The molecule has 8 nitrogen and oxygen atoms in total. The Kier molecular flexibility index (Phi) is 12.6. The molecule has 0 unspecified atom stereocenters. The second kappa shape index (κ2) is 16.8. The average Bonchev–Trinajstić information content (AvgIpc) is 3.07. The van der Waals surface area contributed by atoms with Crippen LogP contribution in [0, 0.1) is 13.8 Å². The second-order valence-corrected chi connectivity index (χ2v) is 13.4. The molecule has 0 radical (unpaired) electrons. The zero-order valence-corrected chi connectivity index (χ0v) is 28.5. The molecule has 0 fully saturated rings.